The van der Waals surface area contributed by atoms with Crippen LogP contribution in [0.2, 0.25) is 0 Å². The molecule has 0 spiro atoms. The number of ether oxygens (including phenoxy) is 2. The summed E-state index contributed by atoms with van der Waals surface area (Å²) in [4.78, 5) is 47.3. The molecule has 2 heterocycles. The normalized spacial score (nSPS) is 17.1. The Kier molecular flexibility index (Phi) is 11.9. The van der Waals surface area contributed by atoms with Gasteiger partial charge in [-0.2, -0.15) is 4.72 Å². The zero-order chi connectivity index (χ0) is 34.0. The molecular weight excluding hydrogens is 630 g/mol. The maximum Gasteiger partial charge on any atom is 0.528 e. The number of carbonyl (C=O) groups excluding carboxylic acids is 2. The number of amides is 1. The summed E-state index contributed by atoms with van der Waals surface area (Å²) in [6.07, 6.45) is 1.56. The molecule has 1 fully saturated rings. The van der Waals surface area contributed by atoms with E-state index in [4.69, 9.17) is 14.3 Å². The number of benzene rings is 2. The maximum atomic E-state index is 13.1. The zero-order valence-electron chi connectivity index (χ0n) is 26.4. The van der Waals surface area contributed by atoms with Crippen LogP contribution in [0, 0.1) is 20.8 Å². The fourth-order valence-electron chi connectivity index (χ4n) is 5.34. The van der Waals surface area contributed by atoms with Gasteiger partial charge in [0.05, 0.1) is 11.4 Å². The van der Waals surface area contributed by atoms with Gasteiger partial charge in [-0.3, -0.25) is 9.59 Å². The van der Waals surface area contributed by atoms with Crippen molar-refractivity contribution in [2.24, 2.45) is 0 Å². The molecule has 1 aliphatic heterocycles. The Morgan fingerprint density at radius 2 is 1.74 bits per heavy atom. The number of anilines is 1. The summed E-state index contributed by atoms with van der Waals surface area (Å²) >= 11 is 0. The number of aliphatic carboxylic acids is 1. The molecule has 4 rings (SSSR count). The van der Waals surface area contributed by atoms with Crippen LogP contribution in [0.5, 0.6) is 0 Å². The number of hydrogen-bond acceptors (Lipinski definition) is 11. The van der Waals surface area contributed by atoms with E-state index in [1.54, 1.807) is 62.5 Å². The first kappa shape index (κ1) is 35.3. The van der Waals surface area contributed by atoms with Crippen LogP contribution in [0.25, 0.3) is 0 Å². The maximum absolute atomic E-state index is 13.1. The Morgan fingerprint density at radius 1 is 1.04 bits per heavy atom. The van der Waals surface area contributed by atoms with Crippen LogP contribution in [0.1, 0.15) is 35.1 Å². The SMILES string of the molecule is Cc1cc(C)c(S(=O)(=O)NC(CNC(=O)COC2(CNc3ccccn3)CCCN2OC(=O)OCc2ccccc2)C(=O)O)c(C)c1. The number of pyridine rings is 1. The minimum atomic E-state index is -4.24. The highest BCUT2D eigenvalue weighted by Crippen LogP contribution is 2.32. The molecule has 47 heavy (non-hydrogen) atoms. The third-order valence-electron chi connectivity index (χ3n) is 7.42. The van der Waals surface area contributed by atoms with Gasteiger partial charge in [-0.1, -0.05) is 54.1 Å². The summed E-state index contributed by atoms with van der Waals surface area (Å²) < 4.78 is 39.8. The van der Waals surface area contributed by atoms with E-state index in [1.165, 1.54) is 5.06 Å². The van der Waals surface area contributed by atoms with Crippen molar-refractivity contribution in [2.45, 2.75) is 56.9 Å². The topological polar surface area (TPSA) is 185 Å². The van der Waals surface area contributed by atoms with E-state index in [0.29, 0.717) is 29.8 Å². The van der Waals surface area contributed by atoms with Crippen molar-refractivity contribution < 1.29 is 42.2 Å². The van der Waals surface area contributed by atoms with Crippen LogP contribution in [0.15, 0.2) is 71.8 Å². The zero-order valence-corrected chi connectivity index (χ0v) is 27.2. The summed E-state index contributed by atoms with van der Waals surface area (Å²) in [6.45, 7) is 4.32. The van der Waals surface area contributed by atoms with Gasteiger partial charge in [0.15, 0.2) is 5.72 Å². The van der Waals surface area contributed by atoms with Gasteiger partial charge in [-0.15, -0.1) is 5.06 Å². The van der Waals surface area contributed by atoms with Crippen LogP contribution in [-0.4, -0.2) is 79.6 Å². The average Bonchev–Trinajstić information content (AvgIpc) is 3.42. The van der Waals surface area contributed by atoms with Crippen LogP contribution >= 0.6 is 0 Å². The van der Waals surface area contributed by atoms with E-state index in [2.05, 4.69) is 20.3 Å². The van der Waals surface area contributed by atoms with E-state index in [-0.39, 0.29) is 24.6 Å². The van der Waals surface area contributed by atoms with Crippen molar-refractivity contribution in [2.75, 3.05) is 31.6 Å². The molecule has 1 aliphatic rings. The molecule has 4 N–H and O–H groups in total. The van der Waals surface area contributed by atoms with Gasteiger partial charge < -0.3 is 30.1 Å². The number of aromatic nitrogens is 1. The van der Waals surface area contributed by atoms with Crippen molar-refractivity contribution >= 4 is 33.9 Å². The standard InChI is InChI=1S/C32H39N5O9S/c1-22-16-23(2)29(24(3)17-22)47(42,43)36-26(30(39)40)18-34-28(38)20-45-32(21-35-27-12-7-8-14-33-27)13-9-15-37(32)46-31(41)44-19-25-10-5-4-6-11-25/h4-8,10-12,14,16-17,26,36H,9,13,15,18-21H2,1-3H3,(H,33,35)(H,34,38)(H,39,40). The molecule has 3 aromatic rings. The van der Waals surface area contributed by atoms with Gasteiger partial charge in [0.25, 0.3) is 0 Å². The second-order valence-electron chi connectivity index (χ2n) is 11.2. The molecule has 0 radical (unpaired) electrons. The van der Waals surface area contributed by atoms with Gasteiger partial charge in [-0.25, -0.2) is 18.2 Å². The quantitative estimate of drug-likeness (QED) is 0.174. The molecule has 252 valence electrons. The van der Waals surface area contributed by atoms with E-state index in [9.17, 15) is 27.9 Å². The molecule has 0 saturated carbocycles. The van der Waals surface area contributed by atoms with E-state index >= 15 is 0 Å². The predicted octanol–water partition coefficient (Wildman–Crippen LogP) is 3.04. The minimum absolute atomic E-state index is 0.00644. The van der Waals surface area contributed by atoms with Gasteiger partial charge in [0.2, 0.25) is 15.9 Å². The van der Waals surface area contributed by atoms with E-state index in [0.717, 1.165) is 11.1 Å². The number of hydrogen-bond donors (Lipinski definition) is 4. The first-order chi connectivity index (χ1) is 22.4. The van der Waals surface area contributed by atoms with Crippen molar-refractivity contribution in [3.05, 3.63) is 89.1 Å². The lowest BCUT2D eigenvalue weighted by atomic mass is 10.1. The molecule has 0 bridgehead atoms. The second-order valence-corrected chi connectivity index (χ2v) is 12.8. The Balaban J connectivity index is 1.40. The number of nitrogens with one attached hydrogen (secondary N) is 3. The van der Waals surface area contributed by atoms with Crippen molar-refractivity contribution in [3.8, 4) is 0 Å². The van der Waals surface area contributed by atoms with Crippen molar-refractivity contribution in [3.63, 3.8) is 0 Å². The number of carbonyl (C=O) groups is 3. The average molecular weight is 670 g/mol. The number of sulfonamides is 1. The first-order valence-corrected chi connectivity index (χ1v) is 16.4. The number of hydroxylamine groups is 2. The predicted molar refractivity (Wildman–Crippen MR) is 170 cm³/mol. The van der Waals surface area contributed by atoms with Crippen LogP contribution < -0.4 is 15.4 Å². The van der Waals surface area contributed by atoms with Gasteiger partial charge in [0.1, 0.15) is 25.1 Å². The first-order valence-electron chi connectivity index (χ1n) is 14.9. The minimum Gasteiger partial charge on any atom is -0.480 e. The summed E-state index contributed by atoms with van der Waals surface area (Å²) in [6, 6.07) is 16.1. The second kappa shape index (κ2) is 15.8. The molecule has 15 heteroatoms. The number of carboxylic acid groups (broad SMARTS) is 1. The number of carboxylic acids is 1. The molecule has 2 atom stereocenters. The van der Waals surface area contributed by atoms with Gasteiger partial charge >= 0.3 is 12.1 Å². The largest absolute Gasteiger partial charge is 0.528 e. The van der Waals surface area contributed by atoms with E-state index < -0.39 is 53.0 Å². The summed E-state index contributed by atoms with van der Waals surface area (Å²) in [7, 11) is -4.24. The Morgan fingerprint density at radius 3 is 2.40 bits per heavy atom. The molecule has 2 aromatic carbocycles. The Labute approximate surface area is 273 Å². The molecule has 1 saturated heterocycles. The summed E-state index contributed by atoms with van der Waals surface area (Å²) in [5.41, 5.74) is 1.26. The molecule has 14 nitrogen and oxygen atoms in total. The number of rotatable bonds is 15. The molecule has 1 aromatic heterocycles. The van der Waals surface area contributed by atoms with Crippen LogP contribution in [0.4, 0.5) is 10.6 Å². The lowest BCUT2D eigenvalue weighted by Gasteiger charge is -2.36. The van der Waals surface area contributed by atoms with Gasteiger partial charge in [-0.05, 0) is 62.4 Å². The molecule has 0 aliphatic carbocycles. The number of aryl methyl sites for hydroxylation is 3. The number of nitrogens with zero attached hydrogens (tertiary/aromatic N) is 2. The van der Waals surface area contributed by atoms with E-state index in [1.807, 2.05) is 25.1 Å². The lowest BCUT2D eigenvalue weighted by Crippen LogP contribution is -2.54. The Bertz CT molecular complexity index is 1630. The highest BCUT2D eigenvalue weighted by Gasteiger charge is 2.46. The monoisotopic (exact) mass is 669 g/mol. The highest BCUT2D eigenvalue weighted by atomic mass is 32.2. The summed E-state index contributed by atoms with van der Waals surface area (Å²) in [5.74, 6) is -1.67. The van der Waals surface area contributed by atoms with Gasteiger partial charge in [0, 0.05) is 19.3 Å². The summed E-state index contributed by atoms with van der Waals surface area (Å²) in [5, 5.41) is 16.6. The molecule has 2 unspecified atom stereocenters. The van der Waals surface area contributed by atoms with Crippen LogP contribution in [-0.2, 0) is 40.5 Å². The smallest absolute Gasteiger partial charge is 0.480 e. The highest BCUT2D eigenvalue weighted by molar-refractivity contribution is 7.89. The molecule has 1 amide bonds. The lowest BCUT2D eigenvalue weighted by molar-refractivity contribution is -0.259. The fraction of sp³-hybridized carbons (Fsp3) is 0.375. The van der Waals surface area contributed by atoms with Crippen molar-refractivity contribution in [1.29, 1.82) is 0 Å². The molecular formula is C32H39N5O9S. The third-order valence-corrected chi connectivity index (χ3v) is 9.20. The fourth-order valence-corrected chi connectivity index (χ4v) is 6.98. The van der Waals surface area contributed by atoms with Crippen LogP contribution in [0.3, 0.4) is 0 Å². The Hall–Kier alpha value is -4.57. The third kappa shape index (κ3) is 9.71. The van der Waals surface area contributed by atoms with Crippen molar-refractivity contribution in [1.82, 2.24) is 20.1 Å².